The Balaban J connectivity index is 2.12. The van der Waals surface area contributed by atoms with Crippen LogP contribution in [0.2, 0.25) is 0 Å². The molecule has 1 aromatic rings. The molecule has 0 radical (unpaired) electrons. The smallest absolute Gasteiger partial charge is 0.243 e. The molecule has 1 aliphatic heterocycles. The summed E-state index contributed by atoms with van der Waals surface area (Å²) in [6.45, 7) is 4.24. The van der Waals surface area contributed by atoms with E-state index in [0.29, 0.717) is 16.4 Å². The lowest BCUT2D eigenvalue weighted by molar-refractivity contribution is 0.348. The number of hydrogen-bond acceptors (Lipinski definition) is 6. The highest BCUT2D eigenvalue weighted by Crippen LogP contribution is 2.42. The Labute approximate surface area is 110 Å². The SMILES string of the molecule is CCC1SCCSC1c1noc([C@H](N)CC)n1. The van der Waals surface area contributed by atoms with Crippen molar-refractivity contribution in [2.45, 2.75) is 43.2 Å². The fourth-order valence-corrected chi connectivity index (χ4v) is 4.81. The number of rotatable bonds is 4. The van der Waals surface area contributed by atoms with Crippen LogP contribution in [0.3, 0.4) is 0 Å². The lowest BCUT2D eigenvalue weighted by Crippen LogP contribution is -2.19. The number of aromatic nitrogens is 2. The summed E-state index contributed by atoms with van der Waals surface area (Å²) in [6.07, 6.45) is 1.97. The van der Waals surface area contributed by atoms with Gasteiger partial charge in [0.25, 0.3) is 0 Å². The highest BCUT2D eigenvalue weighted by molar-refractivity contribution is 8.06. The van der Waals surface area contributed by atoms with Gasteiger partial charge in [-0.3, -0.25) is 0 Å². The Hall–Kier alpha value is -0.200. The van der Waals surface area contributed by atoms with E-state index in [1.165, 1.54) is 5.75 Å². The Morgan fingerprint density at radius 3 is 2.88 bits per heavy atom. The second-order valence-corrected chi connectivity index (χ2v) is 6.71. The molecule has 2 rings (SSSR count). The molecule has 0 saturated carbocycles. The molecule has 2 N–H and O–H groups in total. The lowest BCUT2D eigenvalue weighted by atomic mass is 10.2. The first-order valence-corrected chi connectivity index (χ1v) is 8.18. The Morgan fingerprint density at radius 2 is 2.18 bits per heavy atom. The van der Waals surface area contributed by atoms with E-state index in [0.717, 1.165) is 24.4 Å². The number of thioether (sulfide) groups is 2. The van der Waals surface area contributed by atoms with E-state index < -0.39 is 0 Å². The van der Waals surface area contributed by atoms with Gasteiger partial charge in [0.1, 0.15) is 0 Å². The minimum Gasteiger partial charge on any atom is -0.338 e. The molecule has 2 heterocycles. The van der Waals surface area contributed by atoms with Crippen molar-refractivity contribution in [2.24, 2.45) is 5.73 Å². The van der Waals surface area contributed by atoms with Crippen LogP contribution in [0.1, 0.15) is 49.7 Å². The summed E-state index contributed by atoms with van der Waals surface area (Å²) in [5, 5.41) is 5.06. The number of nitrogens with zero attached hydrogens (tertiary/aromatic N) is 2. The molecular formula is C11H19N3OS2. The predicted molar refractivity (Wildman–Crippen MR) is 73.3 cm³/mol. The van der Waals surface area contributed by atoms with Crippen LogP contribution in [-0.2, 0) is 0 Å². The Morgan fingerprint density at radius 1 is 1.41 bits per heavy atom. The van der Waals surface area contributed by atoms with E-state index in [1.807, 2.05) is 30.4 Å². The van der Waals surface area contributed by atoms with Crippen molar-refractivity contribution in [1.29, 1.82) is 0 Å². The minimum absolute atomic E-state index is 0.127. The van der Waals surface area contributed by atoms with Crippen molar-refractivity contribution < 1.29 is 4.52 Å². The molecule has 4 nitrogen and oxygen atoms in total. The Kier molecular flexibility index (Phi) is 4.76. The molecule has 0 aliphatic carbocycles. The van der Waals surface area contributed by atoms with Crippen LogP contribution < -0.4 is 5.73 Å². The zero-order valence-electron chi connectivity index (χ0n) is 10.3. The van der Waals surface area contributed by atoms with Crippen molar-refractivity contribution >= 4 is 23.5 Å². The molecule has 2 unspecified atom stereocenters. The monoisotopic (exact) mass is 273 g/mol. The van der Waals surface area contributed by atoms with E-state index in [1.54, 1.807) is 0 Å². The third-order valence-corrected chi connectivity index (χ3v) is 6.16. The van der Waals surface area contributed by atoms with Crippen LogP contribution in [0, 0.1) is 0 Å². The predicted octanol–water partition coefficient (Wildman–Crippen LogP) is 2.78. The summed E-state index contributed by atoms with van der Waals surface area (Å²) in [5.41, 5.74) is 5.90. The van der Waals surface area contributed by atoms with Crippen molar-refractivity contribution in [3.63, 3.8) is 0 Å². The van der Waals surface area contributed by atoms with Gasteiger partial charge in [-0.15, -0.1) is 11.8 Å². The molecule has 1 aromatic heterocycles. The molecule has 96 valence electrons. The molecule has 3 atom stereocenters. The molecule has 1 aliphatic rings. The topological polar surface area (TPSA) is 64.9 Å². The van der Waals surface area contributed by atoms with E-state index in [2.05, 4.69) is 17.1 Å². The van der Waals surface area contributed by atoms with E-state index in [4.69, 9.17) is 10.3 Å². The maximum absolute atomic E-state index is 5.90. The first-order chi connectivity index (χ1) is 8.26. The molecule has 6 heteroatoms. The molecular weight excluding hydrogens is 254 g/mol. The average Bonchev–Trinajstić information content (AvgIpc) is 2.87. The second kappa shape index (κ2) is 6.11. The maximum Gasteiger partial charge on any atom is 0.243 e. The minimum atomic E-state index is -0.127. The zero-order chi connectivity index (χ0) is 12.3. The fraction of sp³-hybridized carbons (Fsp3) is 0.818. The van der Waals surface area contributed by atoms with Gasteiger partial charge >= 0.3 is 0 Å². The Bertz CT molecular complexity index is 358. The molecule has 0 spiro atoms. The molecule has 0 amide bonds. The molecule has 0 bridgehead atoms. The molecule has 1 saturated heterocycles. The third-order valence-electron chi connectivity index (χ3n) is 2.92. The van der Waals surface area contributed by atoms with Crippen LogP contribution in [0.15, 0.2) is 4.52 Å². The van der Waals surface area contributed by atoms with Crippen LogP contribution in [-0.4, -0.2) is 26.9 Å². The highest BCUT2D eigenvalue weighted by Gasteiger charge is 2.30. The van der Waals surface area contributed by atoms with Gasteiger partial charge < -0.3 is 10.3 Å². The van der Waals surface area contributed by atoms with Gasteiger partial charge in [0.2, 0.25) is 5.89 Å². The summed E-state index contributed by atoms with van der Waals surface area (Å²) < 4.78 is 5.25. The maximum atomic E-state index is 5.90. The van der Waals surface area contributed by atoms with Gasteiger partial charge in [0.05, 0.1) is 11.3 Å². The summed E-state index contributed by atoms with van der Waals surface area (Å²) in [4.78, 5) is 4.47. The largest absolute Gasteiger partial charge is 0.338 e. The standard InChI is InChI=1S/C11H19N3OS2/c1-3-7(12)11-13-10(14-15-11)9-8(4-2)16-5-6-17-9/h7-9H,3-6,12H2,1-2H3/t7-,8?,9?/m1/s1. The molecule has 0 aromatic carbocycles. The van der Waals surface area contributed by atoms with E-state index in [-0.39, 0.29) is 6.04 Å². The van der Waals surface area contributed by atoms with Crippen LogP contribution in [0.25, 0.3) is 0 Å². The summed E-state index contributed by atoms with van der Waals surface area (Å²) in [6, 6.07) is -0.127. The first-order valence-electron chi connectivity index (χ1n) is 6.08. The summed E-state index contributed by atoms with van der Waals surface area (Å²) >= 11 is 3.95. The van der Waals surface area contributed by atoms with Crippen molar-refractivity contribution in [2.75, 3.05) is 11.5 Å². The second-order valence-electron chi connectivity index (χ2n) is 4.11. The third kappa shape index (κ3) is 2.98. The fourth-order valence-electron chi connectivity index (χ4n) is 1.83. The highest BCUT2D eigenvalue weighted by atomic mass is 32.2. The molecule has 1 fully saturated rings. The average molecular weight is 273 g/mol. The van der Waals surface area contributed by atoms with Crippen molar-refractivity contribution in [1.82, 2.24) is 10.1 Å². The van der Waals surface area contributed by atoms with Crippen molar-refractivity contribution in [3.05, 3.63) is 11.7 Å². The van der Waals surface area contributed by atoms with Crippen LogP contribution >= 0.6 is 23.5 Å². The van der Waals surface area contributed by atoms with Crippen LogP contribution in [0.4, 0.5) is 0 Å². The zero-order valence-corrected chi connectivity index (χ0v) is 11.9. The van der Waals surface area contributed by atoms with Crippen LogP contribution in [0.5, 0.6) is 0 Å². The summed E-state index contributed by atoms with van der Waals surface area (Å²) in [5.74, 6) is 3.79. The molecule has 17 heavy (non-hydrogen) atoms. The van der Waals surface area contributed by atoms with E-state index in [9.17, 15) is 0 Å². The first kappa shape index (κ1) is 13.2. The van der Waals surface area contributed by atoms with Gasteiger partial charge in [-0.05, 0) is 12.8 Å². The quantitative estimate of drug-likeness (QED) is 0.910. The van der Waals surface area contributed by atoms with Gasteiger partial charge in [0.15, 0.2) is 5.82 Å². The van der Waals surface area contributed by atoms with Gasteiger partial charge in [-0.25, -0.2) is 0 Å². The lowest BCUT2D eigenvalue weighted by Gasteiger charge is -2.27. The van der Waals surface area contributed by atoms with Crippen molar-refractivity contribution in [3.8, 4) is 0 Å². The van der Waals surface area contributed by atoms with Gasteiger partial charge in [-0.1, -0.05) is 19.0 Å². The van der Waals surface area contributed by atoms with Gasteiger partial charge in [-0.2, -0.15) is 16.7 Å². The van der Waals surface area contributed by atoms with Gasteiger partial charge in [0, 0.05) is 16.8 Å². The number of nitrogens with two attached hydrogens (primary N) is 1. The number of hydrogen-bond donors (Lipinski definition) is 1. The van der Waals surface area contributed by atoms with E-state index >= 15 is 0 Å². The summed E-state index contributed by atoms with van der Waals surface area (Å²) in [7, 11) is 0. The normalized spacial score (nSPS) is 27.0.